The van der Waals surface area contributed by atoms with Gasteiger partial charge in [-0.15, -0.1) is 0 Å². The Hall–Kier alpha value is -2.83. The van der Waals surface area contributed by atoms with E-state index in [0.29, 0.717) is 49.2 Å². The summed E-state index contributed by atoms with van der Waals surface area (Å²) >= 11 is 12.2. The van der Waals surface area contributed by atoms with Crippen LogP contribution in [0.5, 0.6) is 5.88 Å². The average Bonchev–Trinajstić information content (AvgIpc) is 3.10. The van der Waals surface area contributed by atoms with Crippen molar-refractivity contribution in [3.8, 4) is 5.88 Å². The van der Waals surface area contributed by atoms with Crippen LogP contribution in [0.1, 0.15) is 18.1 Å². The van der Waals surface area contributed by atoms with Crippen LogP contribution in [-0.2, 0) is 9.63 Å². The van der Waals surface area contributed by atoms with Gasteiger partial charge in [0, 0.05) is 17.9 Å². The van der Waals surface area contributed by atoms with Crippen LogP contribution < -0.4 is 0 Å². The van der Waals surface area contributed by atoms with Crippen LogP contribution in [0.3, 0.4) is 0 Å². The number of rotatable bonds is 2. The number of nitrogens with zero attached hydrogens (tertiary/aromatic N) is 2. The van der Waals surface area contributed by atoms with Crippen LogP contribution >= 0.6 is 23.2 Å². The van der Waals surface area contributed by atoms with Crippen molar-refractivity contribution in [3.63, 3.8) is 0 Å². The lowest BCUT2D eigenvalue weighted by atomic mass is 10.0. The molecule has 0 saturated heterocycles. The van der Waals surface area contributed by atoms with E-state index >= 15 is 0 Å². The van der Waals surface area contributed by atoms with Gasteiger partial charge >= 0.3 is 5.97 Å². The van der Waals surface area contributed by atoms with Crippen molar-refractivity contribution in [1.82, 2.24) is 4.98 Å². The fourth-order valence-electron chi connectivity index (χ4n) is 2.86. The Morgan fingerprint density at radius 2 is 1.96 bits per heavy atom. The molecule has 1 aromatic heterocycles. The second kappa shape index (κ2) is 6.16. The molecule has 0 spiro atoms. The van der Waals surface area contributed by atoms with E-state index in [4.69, 9.17) is 28.0 Å². The molecule has 4 rings (SSSR count). The van der Waals surface area contributed by atoms with E-state index in [1.54, 1.807) is 18.2 Å². The summed E-state index contributed by atoms with van der Waals surface area (Å²) in [6.45, 7) is 1.26. The number of nitrogens with one attached hydrogen (secondary N) is 1. The lowest BCUT2D eigenvalue weighted by Gasteiger charge is -2.04. The zero-order chi connectivity index (χ0) is 18.4. The van der Waals surface area contributed by atoms with Gasteiger partial charge in [-0.2, -0.15) is 0 Å². The molecule has 8 heteroatoms. The SMILES string of the molecule is CC(=O)ON=C1C(c2c(O)[nH]c3cc(Cl)c(Cl)cc23)=Nc2ccccc21. The first-order valence-corrected chi connectivity index (χ1v) is 8.35. The minimum Gasteiger partial charge on any atom is -0.494 e. The maximum Gasteiger partial charge on any atom is 0.332 e. The smallest absolute Gasteiger partial charge is 0.332 e. The molecule has 26 heavy (non-hydrogen) atoms. The Kier molecular flexibility index (Phi) is 3.94. The maximum atomic E-state index is 11.2. The second-order valence-corrected chi connectivity index (χ2v) is 6.48. The van der Waals surface area contributed by atoms with E-state index in [1.807, 2.05) is 18.2 Å². The number of aromatic amines is 1. The van der Waals surface area contributed by atoms with E-state index < -0.39 is 5.97 Å². The van der Waals surface area contributed by atoms with Gasteiger partial charge in [0.1, 0.15) is 11.4 Å². The molecule has 2 N–H and O–H groups in total. The molecule has 0 fully saturated rings. The molecule has 0 amide bonds. The van der Waals surface area contributed by atoms with Crippen LogP contribution in [-0.4, -0.2) is 27.5 Å². The number of halogens is 2. The minimum absolute atomic E-state index is 0.111. The predicted octanol–water partition coefficient (Wildman–Crippen LogP) is 4.58. The van der Waals surface area contributed by atoms with E-state index in [2.05, 4.69) is 15.1 Å². The molecular formula is C18H11Cl2N3O3. The Balaban J connectivity index is 1.96. The first kappa shape index (κ1) is 16.6. The lowest BCUT2D eigenvalue weighted by Crippen LogP contribution is -2.14. The predicted molar refractivity (Wildman–Crippen MR) is 101 cm³/mol. The Labute approximate surface area is 157 Å². The fourth-order valence-corrected chi connectivity index (χ4v) is 3.19. The largest absolute Gasteiger partial charge is 0.494 e. The second-order valence-electron chi connectivity index (χ2n) is 5.66. The number of hydrogen-bond acceptors (Lipinski definition) is 5. The molecule has 2 aromatic carbocycles. The molecule has 3 aromatic rings. The number of carbonyl (C=O) groups excluding carboxylic acids is 1. The van der Waals surface area contributed by atoms with E-state index in [9.17, 15) is 9.90 Å². The summed E-state index contributed by atoms with van der Waals surface area (Å²) in [4.78, 5) is 23.5. The minimum atomic E-state index is -0.556. The molecule has 0 aliphatic carbocycles. The number of aromatic hydroxyl groups is 1. The highest BCUT2D eigenvalue weighted by atomic mass is 35.5. The third-order valence-electron chi connectivity index (χ3n) is 3.94. The molecule has 0 atom stereocenters. The van der Waals surface area contributed by atoms with E-state index in [-0.39, 0.29) is 5.88 Å². The highest BCUT2D eigenvalue weighted by Crippen LogP contribution is 2.38. The van der Waals surface area contributed by atoms with Crippen molar-refractivity contribution < 1.29 is 14.7 Å². The highest BCUT2D eigenvalue weighted by molar-refractivity contribution is 6.58. The third-order valence-corrected chi connectivity index (χ3v) is 4.66. The summed E-state index contributed by atoms with van der Waals surface area (Å²) in [6.07, 6.45) is 0. The molecule has 1 aliphatic rings. The number of oxime groups is 1. The maximum absolute atomic E-state index is 11.2. The molecule has 0 bridgehead atoms. The van der Waals surface area contributed by atoms with Gasteiger partial charge in [-0.3, -0.25) is 0 Å². The van der Waals surface area contributed by atoms with Gasteiger partial charge in [-0.25, -0.2) is 9.79 Å². The zero-order valence-corrected chi connectivity index (χ0v) is 14.9. The van der Waals surface area contributed by atoms with Gasteiger partial charge in [0.25, 0.3) is 0 Å². The van der Waals surface area contributed by atoms with Gasteiger partial charge < -0.3 is 14.9 Å². The summed E-state index contributed by atoms with van der Waals surface area (Å²) in [7, 11) is 0. The summed E-state index contributed by atoms with van der Waals surface area (Å²) in [5, 5.41) is 15.7. The van der Waals surface area contributed by atoms with Gasteiger partial charge in [-0.1, -0.05) is 46.6 Å². The average molecular weight is 388 g/mol. The Morgan fingerprint density at radius 1 is 1.23 bits per heavy atom. The van der Waals surface area contributed by atoms with Crippen molar-refractivity contribution in [2.45, 2.75) is 6.92 Å². The van der Waals surface area contributed by atoms with Crippen molar-refractivity contribution in [2.24, 2.45) is 10.1 Å². The summed E-state index contributed by atoms with van der Waals surface area (Å²) in [6, 6.07) is 10.5. The van der Waals surface area contributed by atoms with Crippen molar-refractivity contribution >= 4 is 57.2 Å². The molecule has 130 valence electrons. The van der Waals surface area contributed by atoms with Crippen LogP contribution in [0.15, 0.2) is 46.5 Å². The number of hydrogen-bond donors (Lipinski definition) is 2. The standard InChI is InChI=1S/C18H11Cl2N3O3/c1-8(24)26-23-16-9-4-2-3-5-13(9)21-17(16)15-10-6-11(19)12(20)7-14(10)22-18(15)25/h2-7,22,25H,1H3. The number of H-pyrrole nitrogens is 1. The number of carbonyl (C=O) groups is 1. The Morgan fingerprint density at radius 3 is 2.73 bits per heavy atom. The summed E-state index contributed by atoms with van der Waals surface area (Å²) in [5.74, 6) is -0.667. The molecule has 2 heterocycles. The topological polar surface area (TPSA) is 87.0 Å². The van der Waals surface area contributed by atoms with Gasteiger partial charge in [-0.05, 0) is 18.2 Å². The van der Waals surface area contributed by atoms with E-state index in [1.165, 1.54) is 6.92 Å². The molecule has 0 unspecified atom stereocenters. The molecule has 6 nitrogen and oxygen atoms in total. The van der Waals surface area contributed by atoms with Crippen LogP contribution in [0.25, 0.3) is 10.9 Å². The summed E-state index contributed by atoms with van der Waals surface area (Å²) in [5.41, 5.74) is 3.06. The summed E-state index contributed by atoms with van der Waals surface area (Å²) < 4.78 is 0. The number of aromatic nitrogens is 1. The number of fused-ring (bicyclic) bond motifs is 2. The normalized spacial score (nSPS) is 14.6. The van der Waals surface area contributed by atoms with Gasteiger partial charge in [0.15, 0.2) is 5.88 Å². The first-order valence-electron chi connectivity index (χ1n) is 7.60. The van der Waals surface area contributed by atoms with Crippen LogP contribution in [0.4, 0.5) is 5.69 Å². The van der Waals surface area contributed by atoms with Crippen LogP contribution in [0.2, 0.25) is 10.0 Å². The van der Waals surface area contributed by atoms with Gasteiger partial charge in [0.2, 0.25) is 0 Å². The zero-order valence-electron chi connectivity index (χ0n) is 13.4. The van der Waals surface area contributed by atoms with Gasteiger partial charge in [0.05, 0.1) is 26.8 Å². The van der Waals surface area contributed by atoms with Crippen LogP contribution in [0, 0.1) is 0 Å². The van der Waals surface area contributed by atoms with Crippen molar-refractivity contribution in [2.75, 3.05) is 0 Å². The van der Waals surface area contributed by atoms with E-state index in [0.717, 1.165) is 0 Å². The monoisotopic (exact) mass is 387 g/mol. The molecule has 0 saturated carbocycles. The Bertz CT molecular complexity index is 1130. The highest BCUT2D eigenvalue weighted by Gasteiger charge is 2.29. The number of benzene rings is 2. The molecule has 0 radical (unpaired) electrons. The van der Waals surface area contributed by atoms with Crippen molar-refractivity contribution in [1.29, 1.82) is 0 Å². The lowest BCUT2D eigenvalue weighted by molar-refractivity contribution is -0.140. The van der Waals surface area contributed by atoms with Crippen molar-refractivity contribution in [3.05, 3.63) is 57.6 Å². The first-order chi connectivity index (χ1) is 12.5. The molecule has 1 aliphatic heterocycles. The fraction of sp³-hybridized carbons (Fsp3) is 0.0556. The number of aliphatic imine (C=N–C) groups is 1. The quantitative estimate of drug-likeness (QED) is 0.498. The third kappa shape index (κ3) is 2.64. The number of para-hydroxylation sites is 1. The molecular weight excluding hydrogens is 377 g/mol.